The lowest BCUT2D eigenvalue weighted by Crippen LogP contribution is -2.38. The second-order valence-corrected chi connectivity index (χ2v) is 4.79. The summed E-state index contributed by atoms with van der Waals surface area (Å²) >= 11 is 0. The highest BCUT2D eigenvalue weighted by Crippen LogP contribution is 2.11. The second-order valence-electron chi connectivity index (χ2n) is 4.79. The molecule has 0 spiro atoms. The lowest BCUT2D eigenvalue weighted by atomic mass is 10.1. The molecule has 1 aliphatic rings. The van der Waals surface area contributed by atoms with Crippen LogP contribution in [0.25, 0.3) is 11.6 Å². The normalized spacial score (nSPS) is 15.9. The Balaban J connectivity index is 1.67. The van der Waals surface area contributed by atoms with Gasteiger partial charge in [0.2, 0.25) is 17.5 Å². The zero-order valence-corrected chi connectivity index (χ0v) is 11.6. The van der Waals surface area contributed by atoms with E-state index in [0.29, 0.717) is 36.3 Å². The number of ether oxygens (including phenoxy) is 1. The van der Waals surface area contributed by atoms with Gasteiger partial charge in [-0.05, 0) is 12.8 Å². The van der Waals surface area contributed by atoms with Crippen molar-refractivity contribution in [3.63, 3.8) is 0 Å². The predicted octanol–water partition coefficient (Wildman–Crippen LogP) is 0.744. The van der Waals surface area contributed by atoms with Crippen LogP contribution < -0.4 is 5.32 Å². The van der Waals surface area contributed by atoms with Crippen LogP contribution in [0.2, 0.25) is 0 Å². The zero-order valence-electron chi connectivity index (χ0n) is 11.6. The van der Waals surface area contributed by atoms with Crippen molar-refractivity contribution in [2.24, 2.45) is 0 Å². The molecule has 2 aromatic heterocycles. The molecule has 3 heterocycles. The van der Waals surface area contributed by atoms with Gasteiger partial charge in [-0.2, -0.15) is 4.98 Å². The minimum Gasteiger partial charge on any atom is -0.381 e. The first-order valence-corrected chi connectivity index (χ1v) is 6.74. The zero-order chi connectivity index (χ0) is 14.7. The smallest absolute Gasteiger partial charge is 0.254 e. The summed E-state index contributed by atoms with van der Waals surface area (Å²) < 4.78 is 10.1. The van der Waals surface area contributed by atoms with Gasteiger partial charge in [-0.1, -0.05) is 5.16 Å². The fourth-order valence-electron chi connectivity index (χ4n) is 2.06. The van der Waals surface area contributed by atoms with Crippen LogP contribution in [0.5, 0.6) is 0 Å². The summed E-state index contributed by atoms with van der Waals surface area (Å²) in [4.78, 5) is 24.3. The van der Waals surface area contributed by atoms with E-state index in [4.69, 9.17) is 9.26 Å². The number of rotatable bonds is 3. The molecule has 0 unspecified atom stereocenters. The molecule has 110 valence electrons. The number of nitrogens with one attached hydrogen (secondary N) is 1. The lowest BCUT2D eigenvalue weighted by Gasteiger charge is -2.22. The van der Waals surface area contributed by atoms with Crippen LogP contribution in [0.4, 0.5) is 0 Å². The number of aromatic nitrogens is 4. The first-order valence-electron chi connectivity index (χ1n) is 6.74. The van der Waals surface area contributed by atoms with Crippen LogP contribution in [0.3, 0.4) is 0 Å². The van der Waals surface area contributed by atoms with Gasteiger partial charge in [-0.25, -0.2) is 9.97 Å². The molecule has 2 aromatic rings. The molecular weight excluding hydrogens is 274 g/mol. The Labute approximate surface area is 120 Å². The minimum absolute atomic E-state index is 0.144. The van der Waals surface area contributed by atoms with Gasteiger partial charge in [-0.15, -0.1) is 0 Å². The van der Waals surface area contributed by atoms with Gasteiger partial charge in [0.15, 0.2) is 0 Å². The third kappa shape index (κ3) is 3.22. The average Bonchev–Trinajstić information content (AvgIpc) is 2.95. The fourth-order valence-corrected chi connectivity index (χ4v) is 2.06. The molecule has 1 aliphatic heterocycles. The Bertz CT molecular complexity index is 619. The molecule has 1 saturated heterocycles. The van der Waals surface area contributed by atoms with Crippen LogP contribution in [0.1, 0.15) is 29.1 Å². The molecule has 0 aliphatic carbocycles. The summed E-state index contributed by atoms with van der Waals surface area (Å²) in [7, 11) is 0. The van der Waals surface area contributed by atoms with Crippen molar-refractivity contribution in [1.29, 1.82) is 0 Å². The maximum absolute atomic E-state index is 12.1. The molecule has 8 heteroatoms. The van der Waals surface area contributed by atoms with E-state index in [1.807, 2.05) is 0 Å². The molecular formula is C13H15N5O3. The Morgan fingerprint density at radius 1 is 1.24 bits per heavy atom. The van der Waals surface area contributed by atoms with Crippen LogP contribution >= 0.6 is 0 Å². The third-order valence-electron chi connectivity index (χ3n) is 3.20. The second kappa shape index (κ2) is 5.96. The molecule has 3 rings (SSSR count). The predicted molar refractivity (Wildman–Crippen MR) is 71.4 cm³/mol. The quantitative estimate of drug-likeness (QED) is 0.888. The number of hydrogen-bond acceptors (Lipinski definition) is 7. The minimum atomic E-state index is -0.183. The van der Waals surface area contributed by atoms with Crippen LogP contribution in [-0.4, -0.2) is 45.3 Å². The SMILES string of the molecule is Cc1nc(-c2ncc(C(=O)NC3CCOCC3)cn2)no1. The number of nitrogens with zero attached hydrogens (tertiary/aromatic N) is 4. The summed E-state index contributed by atoms with van der Waals surface area (Å²) in [5, 5.41) is 6.68. The summed E-state index contributed by atoms with van der Waals surface area (Å²) in [6, 6.07) is 0.144. The molecule has 1 fully saturated rings. The van der Waals surface area contributed by atoms with Gasteiger partial charge in [0.1, 0.15) is 0 Å². The van der Waals surface area contributed by atoms with Gasteiger partial charge in [0.05, 0.1) is 5.56 Å². The van der Waals surface area contributed by atoms with Crippen LogP contribution in [-0.2, 0) is 4.74 Å². The maximum atomic E-state index is 12.1. The maximum Gasteiger partial charge on any atom is 0.254 e. The third-order valence-corrected chi connectivity index (χ3v) is 3.20. The van der Waals surface area contributed by atoms with Crippen molar-refractivity contribution in [3.8, 4) is 11.6 Å². The first kappa shape index (κ1) is 13.6. The van der Waals surface area contributed by atoms with E-state index in [2.05, 4.69) is 25.4 Å². The number of carbonyl (C=O) groups is 1. The standard InChI is InChI=1S/C13H15N5O3/c1-8-16-12(18-21-8)11-14-6-9(7-15-11)13(19)17-10-2-4-20-5-3-10/h6-7,10H,2-5H2,1H3,(H,17,19). The molecule has 0 atom stereocenters. The van der Waals surface area contributed by atoms with E-state index in [9.17, 15) is 4.79 Å². The molecule has 1 amide bonds. The Morgan fingerprint density at radius 3 is 2.57 bits per heavy atom. The number of aryl methyl sites for hydroxylation is 1. The molecule has 0 saturated carbocycles. The number of hydrogen-bond donors (Lipinski definition) is 1. The highest BCUT2D eigenvalue weighted by molar-refractivity contribution is 5.93. The Hall–Kier alpha value is -2.35. The van der Waals surface area contributed by atoms with Gasteiger partial charge >= 0.3 is 0 Å². The van der Waals surface area contributed by atoms with Gasteiger partial charge in [0.25, 0.3) is 5.91 Å². The fraction of sp³-hybridized carbons (Fsp3) is 0.462. The summed E-state index contributed by atoms with van der Waals surface area (Å²) in [6.07, 6.45) is 4.57. The van der Waals surface area contributed by atoms with Crippen molar-refractivity contribution in [2.75, 3.05) is 13.2 Å². The Morgan fingerprint density at radius 2 is 1.95 bits per heavy atom. The van der Waals surface area contributed by atoms with Crippen molar-refractivity contribution in [3.05, 3.63) is 23.8 Å². The van der Waals surface area contributed by atoms with Crippen molar-refractivity contribution >= 4 is 5.91 Å². The van der Waals surface area contributed by atoms with E-state index in [-0.39, 0.29) is 11.9 Å². The van der Waals surface area contributed by atoms with Crippen molar-refractivity contribution in [2.45, 2.75) is 25.8 Å². The average molecular weight is 289 g/mol. The van der Waals surface area contributed by atoms with Gasteiger partial charge < -0.3 is 14.6 Å². The number of amides is 1. The van der Waals surface area contributed by atoms with Crippen LogP contribution in [0.15, 0.2) is 16.9 Å². The van der Waals surface area contributed by atoms with Gasteiger partial charge in [-0.3, -0.25) is 4.79 Å². The molecule has 8 nitrogen and oxygen atoms in total. The lowest BCUT2D eigenvalue weighted by molar-refractivity contribution is 0.0696. The van der Waals surface area contributed by atoms with Gasteiger partial charge in [0, 0.05) is 38.6 Å². The van der Waals surface area contributed by atoms with E-state index in [1.54, 1.807) is 6.92 Å². The molecule has 0 aromatic carbocycles. The van der Waals surface area contributed by atoms with E-state index in [0.717, 1.165) is 12.8 Å². The highest BCUT2D eigenvalue weighted by atomic mass is 16.5. The molecule has 1 N–H and O–H groups in total. The Kier molecular flexibility index (Phi) is 3.87. The summed E-state index contributed by atoms with van der Waals surface area (Å²) in [5.74, 6) is 0.894. The number of carbonyl (C=O) groups excluding carboxylic acids is 1. The van der Waals surface area contributed by atoms with Crippen molar-refractivity contribution < 1.29 is 14.1 Å². The topological polar surface area (TPSA) is 103 Å². The summed E-state index contributed by atoms with van der Waals surface area (Å²) in [5.41, 5.74) is 0.408. The molecule has 0 radical (unpaired) electrons. The van der Waals surface area contributed by atoms with E-state index >= 15 is 0 Å². The monoisotopic (exact) mass is 289 g/mol. The van der Waals surface area contributed by atoms with Crippen LogP contribution in [0, 0.1) is 6.92 Å². The largest absolute Gasteiger partial charge is 0.381 e. The van der Waals surface area contributed by atoms with Crippen molar-refractivity contribution in [1.82, 2.24) is 25.4 Å². The molecule has 21 heavy (non-hydrogen) atoms. The summed E-state index contributed by atoms with van der Waals surface area (Å²) in [6.45, 7) is 3.04. The molecule has 0 bridgehead atoms. The van der Waals surface area contributed by atoms with E-state index < -0.39 is 0 Å². The highest BCUT2D eigenvalue weighted by Gasteiger charge is 2.18. The first-order chi connectivity index (χ1) is 10.2. The van der Waals surface area contributed by atoms with E-state index in [1.165, 1.54) is 12.4 Å².